The van der Waals surface area contributed by atoms with Crippen molar-refractivity contribution in [2.45, 2.75) is 12.8 Å². The molecule has 0 spiro atoms. The highest BCUT2D eigenvalue weighted by Crippen LogP contribution is 2.21. The number of carbonyl (C=O) groups excluding carboxylic acids is 1. The first-order chi connectivity index (χ1) is 7.68. The van der Waals surface area contributed by atoms with Crippen molar-refractivity contribution >= 4 is 17.4 Å². The Labute approximate surface area is 97.7 Å². The Kier molecular flexibility index (Phi) is 3.25. The van der Waals surface area contributed by atoms with Crippen LogP contribution in [-0.4, -0.2) is 12.4 Å². The molecule has 0 saturated carbocycles. The van der Waals surface area contributed by atoms with E-state index in [-0.39, 0.29) is 10.8 Å². The molecule has 84 valence electrons. The minimum atomic E-state index is -0.579. The number of rotatable bonds is 2. The Hall–Kier alpha value is -1.35. The molecule has 1 aliphatic heterocycles. The van der Waals surface area contributed by atoms with Crippen LogP contribution in [0, 0.1) is 5.82 Å². The fourth-order valence-corrected chi connectivity index (χ4v) is 1.67. The number of Topliss-reactive ketones (excluding diaryl/α,β-unsaturated/α-hetero) is 1. The zero-order chi connectivity index (χ0) is 11.5. The van der Waals surface area contributed by atoms with Crippen molar-refractivity contribution in [3.05, 3.63) is 46.4 Å². The monoisotopic (exact) mass is 240 g/mol. The largest absolute Gasteiger partial charge is 0.501 e. The standard InChI is InChI=1S/C12H10ClFO2/c13-10-4-3-8(6-11(10)14)12(15)9-2-1-5-16-7-9/h3-4,6-7H,1-2,5H2. The van der Waals surface area contributed by atoms with Gasteiger partial charge in [-0.05, 0) is 31.0 Å². The highest BCUT2D eigenvalue weighted by atomic mass is 35.5. The molecule has 0 unspecified atom stereocenters. The maximum atomic E-state index is 13.2. The summed E-state index contributed by atoms with van der Waals surface area (Å²) in [6, 6.07) is 4.05. The van der Waals surface area contributed by atoms with Gasteiger partial charge in [0, 0.05) is 11.1 Å². The lowest BCUT2D eigenvalue weighted by atomic mass is 10.00. The molecule has 1 aliphatic rings. The number of hydrogen-bond donors (Lipinski definition) is 0. The third-order valence-corrected chi connectivity index (χ3v) is 2.71. The van der Waals surface area contributed by atoms with Gasteiger partial charge in [0.05, 0.1) is 17.9 Å². The van der Waals surface area contributed by atoms with Crippen molar-refractivity contribution in [3.8, 4) is 0 Å². The highest BCUT2D eigenvalue weighted by molar-refractivity contribution is 6.30. The van der Waals surface area contributed by atoms with Gasteiger partial charge in [-0.25, -0.2) is 4.39 Å². The molecule has 1 aromatic carbocycles. The average molecular weight is 241 g/mol. The topological polar surface area (TPSA) is 26.3 Å². The van der Waals surface area contributed by atoms with Crippen LogP contribution in [0.15, 0.2) is 30.0 Å². The van der Waals surface area contributed by atoms with Gasteiger partial charge in [0.25, 0.3) is 0 Å². The Bertz CT molecular complexity index is 454. The molecule has 0 atom stereocenters. The molecule has 0 amide bonds. The van der Waals surface area contributed by atoms with Gasteiger partial charge in [-0.3, -0.25) is 4.79 Å². The zero-order valence-corrected chi connectivity index (χ0v) is 9.26. The number of hydrogen-bond acceptors (Lipinski definition) is 2. The zero-order valence-electron chi connectivity index (χ0n) is 8.50. The number of benzene rings is 1. The molecule has 2 nitrogen and oxygen atoms in total. The number of carbonyl (C=O) groups is 1. The van der Waals surface area contributed by atoms with E-state index < -0.39 is 5.82 Å². The minimum absolute atomic E-state index is 0.0189. The number of allylic oxidation sites excluding steroid dienone is 1. The van der Waals surface area contributed by atoms with Crippen LogP contribution < -0.4 is 0 Å². The summed E-state index contributed by atoms with van der Waals surface area (Å²) in [6.07, 6.45) is 2.94. The molecule has 0 N–H and O–H groups in total. The lowest BCUT2D eigenvalue weighted by Crippen LogP contribution is -2.09. The Morgan fingerprint density at radius 2 is 2.25 bits per heavy atom. The summed E-state index contributed by atoms with van der Waals surface area (Å²) in [6.45, 7) is 0.631. The molecule has 0 aliphatic carbocycles. The summed E-state index contributed by atoms with van der Waals surface area (Å²) in [7, 11) is 0. The van der Waals surface area contributed by atoms with E-state index in [2.05, 4.69) is 0 Å². The SMILES string of the molecule is O=C(C1=COCCC1)c1ccc(Cl)c(F)c1. The van der Waals surface area contributed by atoms with Crippen LogP contribution in [0.1, 0.15) is 23.2 Å². The van der Waals surface area contributed by atoms with Gasteiger partial charge in [0.15, 0.2) is 5.78 Å². The van der Waals surface area contributed by atoms with Crippen molar-refractivity contribution in [2.75, 3.05) is 6.61 Å². The number of halogens is 2. The number of ether oxygens (including phenoxy) is 1. The molecule has 0 aromatic heterocycles. The van der Waals surface area contributed by atoms with Gasteiger partial charge in [-0.1, -0.05) is 11.6 Å². The molecule has 0 bridgehead atoms. The van der Waals surface area contributed by atoms with Gasteiger partial charge >= 0.3 is 0 Å². The Morgan fingerprint density at radius 3 is 2.88 bits per heavy atom. The first kappa shape index (κ1) is 11.1. The lowest BCUT2D eigenvalue weighted by Gasteiger charge is -2.12. The van der Waals surface area contributed by atoms with E-state index >= 15 is 0 Å². The third kappa shape index (κ3) is 2.25. The summed E-state index contributed by atoms with van der Waals surface area (Å²) in [5, 5.41) is 0.0189. The summed E-state index contributed by atoms with van der Waals surface area (Å²) < 4.78 is 18.2. The molecule has 1 aromatic rings. The van der Waals surface area contributed by atoms with Crippen LogP contribution in [0.5, 0.6) is 0 Å². The third-order valence-electron chi connectivity index (χ3n) is 2.41. The molecule has 0 fully saturated rings. The van der Waals surface area contributed by atoms with Crippen LogP contribution in [0.3, 0.4) is 0 Å². The predicted octanol–water partition coefficient (Wildman–Crippen LogP) is 3.36. The normalized spacial score (nSPS) is 15.2. The first-order valence-corrected chi connectivity index (χ1v) is 5.36. The quantitative estimate of drug-likeness (QED) is 0.741. The van der Waals surface area contributed by atoms with Gasteiger partial charge in [0.2, 0.25) is 0 Å². The van der Waals surface area contributed by atoms with Gasteiger partial charge < -0.3 is 4.74 Å². The van der Waals surface area contributed by atoms with Crippen LogP contribution in [0.2, 0.25) is 5.02 Å². The molecule has 16 heavy (non-hydrogen) atoms. The van der Waals surface area contributed by atoms with E-state index in [4.69, 9.17) is 16.3 Å². The summed E-state index contributed by atoms with van der Waals surface area (Å²) in [5.74, 6) is -0.778. The van der Waals surface area contributed by atoms with E-state index in [9.17, 15) is 9.18 Å². The Balaban J connectivity index is 2.26. The van der Waals surface area contributed by atoms with E-state index in [1.54, 1.807) is 0 Å². The Morgan fingerprint density at radius 1 is 1.44 bits per heavy atom. The average Bonchev–Trinajstić information content (AvgIpc) is 2.33. The van der Waals surface area contributed by atoms with Crippen molar-refractivity contribution < 1.29 is 13.9 Å². The van der Waals surface area contributed by atoms with E-state index in [1.165, 1.54) is 18.4 Å². The maximum absolute atomic E-state index is 13.2. The molecule has 0 saturated heterocycles. The van der Waals surface area contributed by atoms with Crippen molar-refractivity contribution in [1.29, 1.82) is 0 Å². The van der Waals surface area contributed by atoms with Crippen molar-refractivity contribution in [3.63, 3.8) is 0 Å². The van der Waals surface area contributed by atoms with Crippen LogP contribution in [-0.2, 0) is 4.74 Å². The summed E-state index contributed by atoms with van der Waals surface area (Å²) >= 11 is 5.55. The smallest absolute Gasteiger partial charge is 0.192 e. The van der Waals surface area contributed by atoms with E-state index in [0.717, 1.165) is 12.5 Å². The number of ketones is 1. The highest BCUT2D eigenvalue weighted by Gasteiger charge is 2.16. The van der Waals surface area contributed by atoms with Crippen molar-refractivity contribution in [1.82, 2.24) is 0 Å². The van der Waals surface area contributed by atoms with Crippen molar-refractivity contribution in [2.24, 2.45) is 0 Å². The second-order valence-corrected chi connectivity index (χ2v) is 3.98. The minimum Gasteiger partial charge on any atom is -0.501 e. The molecule has 2 rings (SSSR count). The fraction of sp³-hybridized carbons (Fsp3) is 0.250. The lowest BCUT2D eigenvalue weighted by molar-refractivity contribution is 0.101. The van der Waals surface area contributed by atoms with Crippen LogP contribution in [0.4, 0.5) is 4.39 Å². The molecular weight excluding hydrogens is 231 g/mol. The summed E-state index contributed by atoms with van der Waals surface area (Å²) in [5.41, 5.74) is 0.881. The first-order valence-electron chi connectivity index (χ1n) is 4.99. The van der Waals surface area contributed by atoms with E-state index in [0.29, 0.717) is 24.2 Å². The second kappa shape index (κ2) is 4.66. The summed E-state index contributed by atoms with van der Waals surface area (Å²) in [4.78, 5) is 11.9. The second-order valence-electron chi connectivity index (χ2n) is 3.58. The van der Waals surface area contributed by atoms with E-state index in [1.807, 2.05) is 0 Å². The van der Waals surface area contributed by atoms with Gasteiger partial charge in [-0.15, -0.1) is 0 Å². The van der Waals surface area contributed by atoms with Crippen LogP contribution in [0.25, 0.3) is 0 Å². The predicted molar refractivity (Wildman–Crippen MR) is 59.0 cm³/mol. The molecule has 1 heterocycles. The molecular formula is C12H10ClFO2. The van der Waals surface area contributed by atoms with Gasteiger partial charge in [0.1, 0.15) is 5.82 Å². The van der Waals surface area contributed by atoms with Gasteiger partial charge in [-0.2, -0.15) is 0 Å². The van der Waals surface area contributed by atoms with Crippen LogP contribution >= 0.6 is 11.6 Å². The molecule has 0 radical (unpaired) electrons. The fourth-order valence-electron chi connectivity index (χ4n) is 1.55. The molecule has 4 heteroatoms. The maximum Gasteiger partial charge on any atom is 0.192 e.